The van der Waals surface area contributed by atoms with Gasteiger partial charge in [0.1, 0.15) is 11.6 Å². The van der Waals surface area contributed by atoms with Crippen LogP contribution in [0.1, 0.15) is 73.2 Å². The van der Waals surface area contributed by atoms with E-state index in [0.29, 0.717) is 23.6 Å². The lowest BCUT2D eigenvalue weighted by atomic mass is 9.88. The van der Waals surface area contributed by atoms with Crippen LogP contribution in [-0.4, -0.2) is 24.9 Å². The lowest BCUT2D eigenvalue weighted by Crippen LogP contribution is -2.26. The summed E-state index contributed by atoms with van der Waals surface area (Å²) in [6.45, 7) is 0.463. The van der Waals surface area contributed by atoms with Gasteiger partial charge in [-0.3, -0.25) is 4.57 Å². The third-order valence-corrected chi connectivity index (χ3v) is 7.91. The van der Waals surface area contributed by atoms with Gasteiger partial charge >= 0.3 is 5.69 Å². The average Bonchev–Trinajstić information content (AvgIpc) is 3.49. The largest absolute Gasteiger partial charge is 0.382 e. The van der Waals surface area contributed by atoms with Gasteiger partial charge in [0.15, 0.2) is 0 Å². The fourth-order valence-electron chi connectivity index (χ4n) is 4.83. The third-order valence-electron chi connectivity index (χ3n) is 6.53. The Morgan fingerprint density at radius 2 is 2.00 bits per heavy atom. The van der Waals surface area contributed by atoms with Crippen molar-refractivity contribution in [3.05, 3.63) is 51.8 Å². The van der Waals surface area contributed by atoms with E-state index in [4.69, 9.17) is 10.7 Å². The minimum Gasteiger partial charge on any atom is -0.382 e. The van der Waals surface area contributed by atoms with Crippen molar-refractivity contribution in [2.24, 2.45) is 0 Å². The van der Waals surface area contributed by atoms with E-state index in [1.54, 1.807) is 22.5 Å². The molecule has 2 aliphatic rings. The molecule has 8 heteroatoms. The highest BCUT2D eigenvalue weighted by molar-refractivity contribution is 7.99. The topological polar surface area (TPSA) is 103 Å². The Labute approximate surface area is 197 Å². The number of rotatable bonds is 3. The second kappa shape index (κ2) is 9.33. The fraction of sp³-hybridized carbons (Fsp3) is 0.440. The van der Waals surface area contributed by atoms with Gasteiger partial charge in [-0.2, -0.15) is 10.2 Å². The minimum atomic E-state index is -0.314. The standard InChI is InChI=1S/C25H26N6OS/c26-15-17-10-11-21-20(14-17)28-24(18-6-2-1-3-7-18)30(21)12-4-8-19-16-31(22-9-5-13-33-22)25(32)29-23(19)27/h10-11,14,16,18,22H,1-3,5-7,9,12-13H2,(H2,27,29,32)/t22-/m0/s1. The molecular formula is C25H26N6OS. The summed E-state index contributed by atoms with van der Waals surface area (Å²) in [4.78, 5) is 21.3. The minimum absolute atomic E-state index is 0.107. The van der Waals surface area contributed by atoms with Crippen LogP contribution in [0.4, 0.5) is 5.82 Å². The zero-order valence-electron chi connectivity index (χ0n) is 18.5. The first-order valence-electron chi connectivity index (χ1n) is 11.5. The molecule has 1 aliphatic heterocycles. The Morgan fingerprint density at radius 3 is 2.76 bits per heavy atom. The lowest BCUT2D eigenvalue weighted by Gasteiger charge is -2.21. The molecule has 2 N–H and O–H groups in total. The third kappa shape index (κ3) is 4.36. The Kier molecular flexibility index (Phi) is 6.11. The molecule has 1 atom stereocenters. The Morgan fingerprint density at radius 1 is 1.15 bits per heavy atom. The summed E-state index contributed by atoms with van der Waals surface area (Å²) in [7, 11) is 0. The van der Waals surface area contributed by atoms with Crippen LogP contribution >= 0.6 is 11.8 Å². The van der Waals surface area contributed by atoms with E-state index in [1.165, 1.54) is 19.3 Å². The second-order valence-electron chi connectivity index (χ2n) is 8.71. The van der Waals surface area contributed by atoms with E-state index in [2.05, 4.69) is 27.5 Å². The average molecular weight is 459 g/mol. The van der Waals surface area contributed by atoms with Crippen LogP contribution in [0.5, 0.6) is 0 Å². The van der Waals surface area contributed by atoms with Crippen LogP contribution in [0.2, 0.25) is 0 Å². The Bertz CT molecular complexity index is 1340. The summed E-state index contributed by atoms with van der Waals surface area (Å²) < 4.78 is 3.84. The van der Waals surface area contributed by atoms with Crippen LogP contribution in [0.15, 0.2) is 29.2 Å². The fourth-order valence-corrected chi connectivity index (χ4v) is 6.08. The molecule has 33 heavy (non-hydrogen) atoms. The molecule has 168 valence electrons. The van der Waals surface area contributed by atoms with Gasteiger partial charge in [0.2, 0.25) is 0 Å². The van der Waals surface area contributed by atoms with Crippen molar-refractivity contribution in [2.75, 3.05) is 11.5 Å². The number of aromatic nitrogens is 4. The number of fused-ring (bicyclic) bond motifs is 1. The maximum absolute atomic E-state index is 12.3. The van der Waals surface area contributed by atoms with Crippen LogP contribution in [-0.2, 0) is 6.54 Å². The summed E-state index contributed by atoms with van der Waals surface area (Å²) in [5, 5.41) is 9.39. The normalized spacial score (nSPS) is 18.7. The monoisotopic (exact) mass is 458 g/mol. The van der Waals surface area contributed by atoms with Gasteiger partial charge < -0.3 is 10.3 Å². The van der Waals surface area contributed by atoms with Crippen molar-refractivity contribution in [1.29, 1.82) is 5.26 Å². The molecule has 1 aliphatic carbocycles. The number of hydrogen-bond donors (Lipinski definition) is 1. The van der Waals surface area contributed by atoms with Crippen molar-refractivity contribution in [2.45, 2.75) is 62.8 Å². The predicted molar refractivity (Wildman–Crippen MR) is 131 cm³/mol. The maximum atomic E-state index is 12.3. The number of nitrogens with two attached hydrogens (primary N) is 1. The number of hydrogen-bond acceptors (Lipinski definition) is 6. The van der Waals surface area contributed by atoms with Crippen molar-refractivity contribution in [1.82, 2.24) is 19.1 Å². The van der Waals surface area contributed by atoms with Gasteiger partial charge in [-0.25, -0.2) is 9.78 Å². The molecule has 0 amide bonds. The zero-order chi connectivity index (χ0) is 22.8. The van der Waals surface area contributed by atoms with Crippen LogP contribution < -0.4 is 11.4 Å². The Hall–Kier alpha value is -3.23. The lowest BCUT2D eigenvalue weighted by molar-refractivity contribution is 0.421. The van der Waals surface area contributed by atoms with Crippen molar-refractivity contribution >= 4 is 28.6 Å². The molecule has 5 rings (SSSR count). The van der Waals surface area contributed by atoms with E-state index >= 15 is 0 Å². The van der Waals surface area contributed by atoms with E-state index in [-0.39, 0.29) is 16.9 Å². The number of anilines is 1. The highest BCUT2D eigenvalue weighted by Gasteiger charge is 2.23. The summed E-state index contributed by atoms with van der Waals surface area (Å²) in [5.74, 6) is 9.08. The quantitative estimate of drug-likeness (QED) is 0.591. The highest BCUT2D eigenvalue weighted by atomic mass is 32.2. The second-order valence-corrected chi connectivity index (χ2v) is 9.99. The molecule has 2 aromatic heterocycles. The first-order valence-corrected chi connectivity index (χ1v) is 12.6. The van der Waals surface area contributed by atoms with Crippen LogP contribution in [0, 0.1) is 23.2 Å². The van der Waals surface area contributed by atoms with E-state index in [9.17, 15) is 10.1 Å². The number of nitrogen functional groups attached to an aromatic ring is 1. The SMILES string of the molecule is N#Cc1ccc2c(c1)nc(C1CCCCC1)n2CC#Cc1cn([C@@H]2CCCS2)c(=O)nc1N. The van der Waals surface area contributed by atoms with Gasteiger partial charge in [0, 0.05) is 12.1 Å². The van der Waals surface area contributed by atoms with Gasteiger partial charge in [0.05, 0.1) is 40.1 Å². The molecule has 2 fully saturated rings. The molecule has 3 aromatic rings. The zero-order valence-corrected chi connectivity index (χ0v) is 19.3. The summed E-state index contributed by atoms with van der Waals surface area (Å²) in [6, 6.07) is 7.84. The molecule has 1 aromatic carbocycles. The number of benzene rings is 1. The van der Waals surface area contributed by atoms with Gasteiger partial charge in [-0.15, -0.1) is 11.8 Å². The summed E-state index contributed by atoms with van der Waals surface area (Å²) >= 11 is 1.77. The van der Waals surface area contributed by atoms with Crippen LogP contribution in [0.25, 0.3) is 11.0 Å². The molecule has 0 radical (unpaired) electrons. The highest BCUT2D eigenvalue weighted by Crippen LogP contribution is 2.35. The van der Waals surface area contributed by atoms with E-state index in [1.807, 2.05) is 18.2 Å². The van der Waals surface area contributed by atoms with Crippen molar-refractivity contribution in [3.63, 3.8) is 0 Å². The van der Waals surface area contributed by atoms with Gasteiger partial charge in [-0.1, -0.05) is 31.1 Å². The summed E-state index contributed by atoms with van der Waals surface area (Å²) in [6.07, 6.45) is 9.77. The molecule has 1 saturated heterocycles. The number of nitriles is 1. The molecule has 0 bridgehead atoms. The molecule has 7 nitrogen and oxygen atoms in total. The number of thioether (sulfide) groups is 1. The van der Waals surface area contributed by atoms with E-state index < -0.39 is 0 Å². The molecule has 0 spiro atoms. The Balaban J connectivity index is 1.50. The van der Waals surface area contributed by atoms with E-state index in [0.717, 1.165) is 48.3 Å². The number of imidazole rings is 1. The first-order chi connectivity index (χ1) is 16.1. The molecule has 1 saturated carbocycles. The number of nitrogens with zero attached hydrogens (tertiary/aromatic N) is 5. The van der Waals surface area contributed by atoms with Crippen molar-refractivity contribution < 1.29 is 0 Å². The molecule has 3 heterocycles. The summed E-state index contributed by atoms with van der Waals surface area (Å²) in [5.41, 5.74) is 8.74. The van der Waals surface area contributed by atoms with Crippen molar-refractivity contribution in [3.8, 4) is 17.9 Å². The maximum Gasteiger partial charge on any atom is 0.350 e. The molecule has 0 unspecified atom stereocenters. The molecular weight excluding hydrogens is 432 g/mol. The van der Waals surface area contributed by atoms with Gasteiger partial charge in [-0.05, 0) is 49.6 Å². The first kappa shape index (κ1) is 21.6. The smallest absolute Gasteiger partial charge is 0.350 e. The van der Waals surface area contributed by atoms with Crippen LogP contribution in [0.3, 0.4) is 0 Å². The van der Waals surface area contributed by atoms with Gasteiger partial charge in [0.25, 0.3) is 0 Å². The predicted octanol–water partition coefficient (Wildman–Crippen LogP) is 4.17.